The molecular formula is C42H24N4S. The molecule has 5 heteroatoms. The summed E-state index contributed by atoms with van der Waals surface area (Å²) in [5.74, 6) is 0. The van der Waals surface area contributed by atoms with E-state index in [4.69, 9.17) is 0 Å². The van der Waals surface area contributed by atoms with E-state index in [1.165, 1.54) is 47.2 Å². The van der Waals surface area contributed by atoms with Gasteiger partial charge in [-0.3, -0.25) is 4.98 Å². The van der Waals surface area contributed by atoms with Crippen LogP contribution in [0.15, 0.2) is 146 Å². The molecule has 0 fully saturated rings. The number of hydrogen-bond acceptors (Lipinski definition) is 3. The lowest BCUT2D eigenvalue weighted by Gasteiger charge is -2.13. The van der Waals surface area contributed by atoms with Crippen molar-refractivity contribution in [2.24, 2.45) is 0 Å². The zero-order valence-corrected chi connectivity index (χ0v) is 25.9. The summed E-state index contributed by atoms with van der Waals surface area (Å²) < 4.78 is 7.19. The van der Waals surface area contributed by atoms with Crippen LogP contribution in [0.4, 0.5) is 0 Å². The van der Waals surface area contributed by atoms with Gasteiger partial charge in [0.2, 0.25) is 0 Å². The highest BCUT2D eigenvalue weighted by atomic mass is 32.1. The minimum Gasteiger partial charge on any atom is -0.309 e. The maximum Gasteiger partial charge on any atom is 0.0992 e. The van der Waals surface area contributed by atoms with Crippen LogP contribution in [0.1, 0.15) is 5.56 Å². The first-order chi connectivity index (χ1) is 23.3. The van der Waals surface area contributed by atoms with Crippen molar-refractivity contribution in [3.8, 4) is 28.6 Å². The summed E-state index contributed by atoms with van der Waals surface area (Å²) in [5.41, 5.74) is 9.18. The molecular weight excluding hydrogens is 593 g/mol. The Labute approximate surface area is 273 Å². The highest BCUT2D eigenvalue weighted by Crippen LogP contribution is 2.43. The number of nitrogens with zero attached hydrogens (tertiary/aromatic N) is 4. The SMILES string of the molecule is N#Cc1cc(-c2cccc(-n3c4cnccc4c4ccc5sc6ccccc6c5c43)c2)cc(-n2c3ccccc3c3ccccc32)c1. The number of benzene rings is 6. The Kier molecular flexibility index (Phi) is 5.48. The fourth-order valence-electron chi connectivity index (χ4n) is 7.43. The molecule has 0 radical (unpaired) electrons. The van der Waals surface area contributed by atoms with E-state index in [9.17, 15) is 5.26 Å². The summed E-state index contributed by atoms with van der Waals surface area (Å²) in [7, 11) is 0. The van der Waals surface area contributed by atoms with Gasteiger partial charge in [-0.25, -0.2) is 0 Å². The molecule has 218 valence electrons. The second-order valence-electron chi connectivity index (χ2n) is 12.0. The Bertz CT molecular complexity index is 2880. The fourth-order valence-corrected chi connectivity index (χ4v) is 8.53. The Morgan fingerprint density at radius 3 is 2.06 bits per heavy atom. The number of pyridine rings is 1. The van der Waals surface area contributed by atoms with E-state index in [1.807, 2.05) is 35.9 Å². The summed E-state index contributed by atoms with van der Waals surface area (Å²) >= 11 is 1.83. The number of aromatic nitrogens is 3. The van der Waals surface area contributed by atoms with Gasteiger partial charge in [0, 0.05) is 59.3 Å². The maximum absolute atomic E-state index is 10.2. The molecule has 0 amide bonds. The lowest BCUT2D eigenvalue weighted by Crippen LogP contribution is -1.97. The molecule has 0 N–H and O–H groups in total. The monoisotopic (exact) mass is 616 g/mol. The summed E-state index contributed by atoms with van der Waals surface area (Å²) in [6, 6.07) is 49.5. The molecule has 0 saturated carbocycles. The van der Waals surface area contributed by atoms with Gasteiger partial charge >= 0.3 is 0 Å². The van der Waals surface area contributed by atoms with E-state index >= 15 is 0 Å². The quantitative estimate of drug-likeness (QED) is 0.198. The van der Waals surface area contributed by atoms with Crippen molar-refractivity contribution in [1.82, 2.24) is 14.1 Å². The van der Waals surface area contributed by atoms with Crippen LogP contribution in [0.25, 0.3) is 86.3 Å². The van der Waals surface area contributed by atoms with E-state index in [1.54, 1.807) is 0 Å². The van der Waals surface area contributed by atoms with E-state index in [2.05, 4.69) is 142 Å². The predicted molar refractivity (Wildman–Crippen MR) is 196 cm³/mol. The summed E-state index contributed by atoms with van der Waals surface area (Å²) in [6.07, 6.45) is 3.85. The van der Waals surface area contributed by atoms with Crippen molar-refractivity contribution in [3.05, 3.63) is 151 Å². The van der Waals surface area contributed by atoms with Gasteiger partial charge < -0.3 is 9.13 Å². The molecule has 4 heterocycles. The fraction of sp³-hybridized carbons (Fsp3) is 0. The lowest BCUT2D eigenvalue weighted by molar-refractivity contribution is 1.17. The van der Waals surface area contributed by atoms with Crippen molar-refractivity contribution >= 4 is 75.1 Å². The highest BCUT2D eigenvalue weighted by molar-refractivity contribution is 7.26. The summed E-state index contributed by atoms with van der Waals surface area (Å²) in [5, 5.41) is 17.5. The molecule has 4 nitrogen and oxygen atoms in total. The van der Waals surface area contributed by atoms with Crippen LogP contribution in [0.5, 0.6) is 0 Å². The number of fused-ring (bicyclic) bond motifs is 10. The van der Waals surface area contributed by atoms with Gasteiger partial charge in [-0.15, -0.1) is 11.3 Å². The average Bonchev–Trinajstić information content (AvgIpc) is 3.79. The highest BCUT2D eigenvalue weighted by Gasteiger charge is 2.19. The molecule has 0 aliphatic rings. The van der Waals surface area contributed by atoms with Crippen LogP contribution in [0, 0.1) is 11.3 Å². The van der Waals surface area contributed by atoms with Gasteiger partial charge in [0.1, 0.15) is 0 Å². The second kappa shape index (κ2) is 9.89. The van der Waals surface area contributed by atoms with E-state index in [0.29, 0.717) is 5.56 Å². The molecule has 10 aromatic rings. The zero-order valence-electron chi connectivity index (χ0n) is 25.1. The van der Waals surface area contributed by atoms with Crippen molar-refractivity contribution < 1.29 is 0 Å². The average molecular weight is 617 g/mol. The Hall–Kier alpha value is -6.22. The summed E-state index contributed by atoms with van der Waals surface area (Å²) in [6.45, 7) is 0. The smallest absolute Gasteiger partial charge is 0.0992 e. The molecule has 0 aliphatic carbocycles. The van der Waals surface area contributed by atoms with Crippen LogP contribution >= 0.6 is 11.3 Å². The number of para-hydroxylation sites is 2. The molecule has 10 rings (SSSR count). The molecule has 6 aromatic carbocycles. The molecule has 0 bridgehead atoms. The third kappa shape index (κ3) is 3.77. The van der Waals surface area contributed by atoms with Crippen molar-refractivity contribution in [2.75, 3.05) is 0 Å². The zero-order chi connectivity index (χ0) is 31.1. The molecule has 0 atom stereocenters. The second-order valence-corrected chi connectivity index (χ2v) is 13.0. The predicted octanol–water partition coefficient (Wildman–Crippen LogP) is 11.2. The van der Waals surface area contributed by atoms with Gasteiger partial charge in [-0.05, 0) is 71.8 Å². The minimum absolute atomic E-state index is 0.622. The third-order valence-electron chi connectivity index (χ3n) is 9.39. The number of nitriles is 1. The Morgan fingerprint density at radius 1 is 0.532 bits per heavy atom. The van der Waals surface area contributed by atoms with Gasteiger partial charge in [-0.2, -0.15) is 5.26 Å². The van der Waals surface area contributed by atoms with Crippen molar-refractivity contribution in [2.45, 2.75) is 0 Å². The van der Waals surface area contributed by atoms with Crippen LogP contribution in [-0.4, -0.2) is 14.1 Å². The Balaban J connectivity index is 1.23. The standard InChI is InChI=1S/C42H24N4S/c43-24-26-20-28(23-30(21-26)45-36-13-4-1-10-31(36)32-11-2-5-14-37(32)45)27-8-7-9-29(22-27)46-38-25-44-19-18-33(38)34-16-17-40-41(42(34)46)35-12-3-6-15-39(35)47-40/h1-23,25H. The van der Waals surface area contributed by atoms with Crippen LogP contribution in [0.2, 0.25) is 0 Å². The van der Waals surface area contributed by atoms with Gasteiger partial charge in [0.15, 0.2) is 0 Å². The number of hydrogen-bond donors (Lipinski definition) is 0. The third-order valence-corrected chi connectivity index (χ3v) is 10.5. The van der Waals surface area contributed by atoms with Crippen molar-refractivity contribution in [1.29, 1.82) is 5.26 Å². The van der Waals surface area contributed by atoms with Crippen LogP contribution in [0.3, 0.4) is 0 Å². The van der Waals surface area contributed by atoms with Gasteiger partial charge in [-0.1, -0.05) is 72.8 Å². The number of rotatable bonds is 3. The van der Waals surface area contributed by atoms with Gasteiger partial charge in [0.05, 0.1) is 39.9 Å². The Morgan fingerprint density at radius 2 is 1.26 bits per heavy atom. The number of thiophene rings is 1. The van der Waals surface area contributed by atoms with Gasteiger partial charge in [0.25, 0.3) is 0 Å². The summed E-state index contributed by atoms with van der Waals surface area (Å²) in [4.78, 5) is 4.56. The largest absolute Gasteiger partial charge is 0.309 e. The lowest BCUT2D eigenvalue weighted by atomic mass is 10.0. The first kappa shape index (κ1) is 26.0. The topological polar surface area (TPSA) is 46.5 Å². The van der Waals surface area contributed by atoms with E-state index < -0.39 is 0 Å². The molecule has 0 unspecified atom stereocenters. The molecule has 0 saturated heterocycles. The minimum atomic E-state index is 0.622. The van der Waals surface area contributed by atoms with E-state index in [-0.39, 0.29) is 0 Å². The van der Waals surface area contributed by atoms with Crippen LogP contribution in [-0.2, 0) is 0 Å². The maximum atomic E-state index is 10.2. The van der Waals surface area contributed by atoms with E-state index in [0.717, 1.165) is 39.1 Å². The van der Waals surface area contributed by atoms with Crippen LogP contribution < -0.4 is 0 Å². The first-order valence-corrected chi connectivity index (χ1v) is 16.4. The first-order valence-electron chi connectivity index (χ1n) is 15.6. The molecule has 4 aromatic heterocycles. The molecule has 0 spiro atoms. The molecule has 0 aliphatic heterocycles. The normalized spacial score (nSPS) is 11.8. The van der Waals surface area contributed by atoms with Crippen molar-refractivity contribution in [3.63, 3.8) is 0 Å². The molecule has 47 heavy (non-hydrogen) atoms.